The third-order valence-electron chi connectivity index (χ3n) is 6.76. The van der Waals surface area contributed by atoms with Gasteiger partial charge in [0, 0.05) is 35.3 Å². The van der Waals surface area contributed by atoms with Gasteiger partial charge in [-0.15, -0.1) is 0 Å². The smallest absolute Gasteiger partial charge is 0.434 e. The molecule has 37 heavy (non-hydrogen) atoms. The Kier molecular flexibility index (Phi) is 5.29. The number of alkyl halides is 3. The average molecular weight is 506 g/mol. The summed E-state index contributed by atoms with van der Waals surface area (Å²) in [4.78, 5) is 24.6. The molecular formula is C27H22F3N5O2. The summed E-state index contributed by atoms with van der Waals surface area (Å²) in [6.45, 7) is 2.60. The number of aromatic nitrogens is 5. The molecule has 5 heterocycles. The monoisotopic (exact) mass is 505 g/mol. The summed E-state index contributed by atoms with van der Waals surface area (Å²) in [6, 6.07) is 11.6. The van der Waals surface area contributed by atoms with E-state index in [1.807, 2.05) is 22.0 Å². The van der Waals surface area contributed by atoms with Gasteiger partial charge in [0.05, 0.1) is 24.2 Å². The minimum atomic E-state index is -4.60. The number of methoxy groups -OCH3 is 1. The SMILES string of the molecule is COc1cc(C=O)cc2nc(-c3cc4ccc(-c5cccnc5C(F)(F)F)nc4n3CC3CC3)c(C)n12. The number of rotatable bonds is 6. The topological polar surface area (TPSA) is 74.3 Å². The lowest BCUT2D eigenvalue weighted by Crippen LogP contribution is -2.10. The number of hydrogen-bond donors (Lipinski definition) is 0. The average Bonchev–Trinajstić information content (AvgIpc) is 3.56. The van der Waals surface area contributed by atoms with E-state index in [0.29, 0.717) is 40.9 Å². The fourth-order valence-corrected chi connectivity index (χ4v) is 4.81. The van der Waals surface area contributed by atoms with Crippen LogP contribution in [0, 0.1) is 12.8 Å². The van der Waals surface area contributed by atoms with Gasteiger partial charge in [0.15, 0.2) is 11.6 Å². The van der Waals surface area contributed by atoms with Gasteiger partial charge in [0.25, 0.3) is 0 Å². The van der Waals surface area contributed by atoms with Crippen LogP contribution in [-0.2, 0) is 12.7 Å². The van der Waals surface area contributed by atoms with Crippen LogP contribution in [0.5, 0.6) is 5.88 Å². The van der Waals surface area contributed by atoms with Crippen LogP contribution in [0.2, 0.25) is 0 Å². The molecule has 0 spiro atoms. The number of imidazole rings is 1. The number of hydrogen-bond acceptors (Lipinski definition) is 5. The predicted molar refractivity (Wildman–Crippen MR) is 132 cm³/mol. The Balaban J connectivity index is 1.57. The number of aldehydes is 1. The van der Waals surface area contributed by atoms with Crippen molar-refractivity contribution in [2.45, 2.75) is 32.5 Å². The summed E-state index contributed by atoms with van der Waals surface area (Å²) >= 11 is 0. The molecular weight excluding hydrogens is 483 g/mol. The predicted octanol–water partition coefficient (Wildman–Crippen LogP) is 5.97. The van der Waals surface area contributed by atoms with Crippen molar-refractivity contribution >= 4 is 23.0 Å². The molecule has 1 fully saturated rings. The van der Waals surface area contributed by atoms with E-state index in [1.54, 1.807) is 24.3 Å². The molecule has 10 heteroatoms. The second kappa shape index (κ2) is 8.43. The summed E-state index contributed by atoms with van der Waals surface area (Å²) in [5.41, 5.74) is 3.11. The van der Waals surface area contributed by atoms with Crippen molar-refractivity contribution in [2.24, 2.45) is 5.92 Å². The molecule has 1 aliphatic rings. The summed E-state index contributed by atoms with van der Waals surface area (Å²) in [7, 11) is 1.53. The Morgan fingerprint density at radius 1 is 1.14 bits per heavy atom. The van der Waals surface area contributed by atoms with Gasteiger partial charge in [-0.2, -0.15) is 13.2 Å². The van der Waals surface area contributed by atoms with Crippen LogP contribution in [0.25, 0.3) is 39.3 Å². The van der Waals surface area contributed by atoms with Crippen LogP contribution in [0.15, 0.2) is 48.7 Å². The first-order valence-corrected chi connectivity index (χ1v) is 11.8. The van der Waals surface area contributed by atoms with Gasteiger partial charge in [-0.05, 0) is 62.1 Å². The van der Waals surface area contributed by atoms with E-state index in [0.717, 1.165) is 42.1 Å². The highest BCUT2D eigenvalue weighted by Gasteiger charge is 2.36. The fraction of sp³-hybridized carbons (Fsp3) is 0.259. The van der Waals surface area contributed by atoms with Gasteiger partial charge in [-0.25, -0.2) is 9.97 Å². The van der Waals surface area contributed by atoms with Crippen LogP contribution < -0.4 is 4.74 Å². The van der Waals surface area contributed by atoms with Gasteiger partial charge in [-0.3, -0.25) is 14.2 Å². The number of ether oxygens (including phenoxy) is 1. The first-order valence-electron chi connectivity index (χ1n) is 11.8. The highest BCUT2D eigenvalue weighted by Crippen LogP contribution is 2.39. The van der Waals surface area contributed by atoms with E-state index in [4.69, 9.17) is 14.7 Å². The largest absolute Gasteiger partial charge is 0.482 e. The van der Waals surface area contributed by atoms with Crippen LogP contribution in [0.4, 0.5) is 13.2 Å². The van der Waals surface area contributed by atoms with Crippen molar-refractivity contribution in [1.29, 1.82) is 0 Å². The second-order valence-corrected chi connectivity index (χ2v) is 9.28. The first kappa shape index (κ1) is 23.2. The van der Waals surface area contributed by atoms with Gasteiger partial charge in [0.2, 0.25) is 0 Å². The summed E-state index contributed by atoms with van der Waals surface area (Å²) < 4.78 is 50.4. The maximum Gasteiger partial charge on any atom is 0.434 e. The third-order valence-corrected chi connectivity index (χ3v) is 6.76. The van der Waals surface area contributed by atoms with E-state index >= 15 is 0 Å². The Hall–Kier alpha value is -4.21. The molecule has 1 saturated carbocycles. The van der Waals surface area contributed by atoms with Gasteiger partial charge < -0.3 is 9.30 Å². The number of fused-ring (bicyclic) bond motifs is 2. The second-order valence-electron chi connectivity index (χ2n) is 9.28. The quantitative estimate of drug-likeness (QED) is 0.266. The number of aryl methyl sites for hydroxylation is 1. The molecule has 0 unspecified atom stereocenters. The zero-order chi connectivity index (χ0) is 25.9. The zero-order valence-electron chi connectivity index (χ0n) is 20.1. The molecule has 0 saturated heterocycles. The lowest BCUT2D eigenvalue weighted by atomic mass is 10.1. The normalized spacial score (nSPS) is 14.0. The summed E-state index contributed by atoms with van der Waals surface area (Å²) in [5.74, 6) is 0.954. The zero-order valence-corrected chi connectivity index (χ0v) is 20.1. The van der Waals surface area contributed by atoms with E-state index in [1.165, 1.54) is 19.2 Å². The van der Waals surface area contributed by atoms with Crippen molar-refractivity contribution < 1.29 is 22.7 Å². The lowest BCUT2D eigenvalue weighted by Gasteiger charge is -2.12. The standard InChI is InChI=1S/C27H22F3N5O2/c1-15-24(33-22-10-17(14-36)11-23(37-2)35(15)22)21-12-18-7-8-20(32-26(18)34(21)13-16-5-6-16)19-4-3-9-31-25(19)27(28,29)30/h3-4,7-12,14,16H,5-6,13H2,1-2H3. The van der Waals surface area contributed by atoms with Crippen molar-refractivity contribution in [3.05, 3.63) is 65.6 Å². The van der Waals surface area contributed by atoms with Crippen LogP contribution in [-0.4, -0.2) is 37.3 Å². The fourth-order valence-electron chi connectivity index (χ4n) is 4.81. The van der Waals surface area contributed by atoms with Gasteiger partial charge >= 0.3 is 6.18 Å². The van der Waals surface area contributed by atoms with E-state index in [9.17, 15) is 18.0 Å². The molecule has 0 atom stereocenters. The van der Waals surface area contributed by atoms with Crippen LogP contribution in [0.1, 0.15) is 34.6 Å². The van der Waals surface area contributed by atoms with Gasteiger partial charge in [-0.1, -0.05) is 0 Å². The van der Waals surface area contributed by atoms with E-state index in [2.05, 4.69) is 4.98 Å². The Morgan fingerprint density at radius 2 is 1.95 bits per heavy atom. The Labute approximate surface area is 209 Å². The molecule has 5 aromatic rings. The van der Waals surface area contributed by atoms with Crippen molar-refractivity contribution in [2.75, 3.05) is 7.11 Å². The summed E-state index contributed by atoms with van der Waals surface area (Å²) in [5, 5.41) is 0.800. The van der Waals surface area contributed by atoms with Gasteiger partial charge in [0.1, 0.15) is 23.3 Å². The third kappa shape index (κ3) is 3.92. The molecule has 0 aliphatic heterocycles. The van der Waals surface area contributed by atoms with Crippen LogP contribution >= 0.6 is 0 Å². The molecule has 6 rings (SSSR count). The molecule has 7 nitrogen and oxygen atoms in total. The van der Waals surface area contributed by atoms with E-state index < -0.39 is 11.9 Å². The number of nitrogens with zero attached hydrogens (tertiary/aromatic N) is 5. The summed E-state index contributed by atoms with van der Waals surface area (Å²) in [6.07, 6.45) is -0.549. The van der Waals surface area contributed by atoms with Crippen molar-refractivity contribution in [1.82, 2.24) is 23.9 Å². The van der Waals surface area contributed by atoms with Crippen LogP contribution in [0.3, 0.4) is 0 Å². The van der Waals surface area contributed by atoms with Crippen molar-refractivity contribution in [3.63, 3.8) is 0 Å². The molecule has 1 aliphatic carbocycles. The number of halogens is 3. The minimum absolute atomic E-state index is 0.0624. The number of carbonyl (C=O) groups is 1. The first-order chi connectivity index (χ1) is 17.8. The minimum Gasteiger partial charge on any atom is -0.482 e. The maximum atomic E-state index is 13.7. The highest BCUT2D eigenvalue weighted by atomic mass is 19.4. The van der Waals surface area contributed by atoms with Crippen molar-refractivity contribution in [3.8, 4) is 28.5 Å². The van der Waals surface area contributed by atoms with E-state index in [-0.39, 0.29) is 11.3 Å². The Bertz CT molecular complexity index is 1680. The maximum absolute atomic E-state index is 13.7. The molecule has 0 radical (unpaired) electrons. The molecule has 0 aromatic carbocycles. The molecule has 0 bridgehead atoms. The molecule has 5 aromatic heterocycles. The molecule has 188 valence electrons. The number of carbonyl (C=O) groups excluding carboxylic acids is 1. The number of pyridine rings is 3. The molecule has 0 amide bonds. The Morgan fingerprint density at radius 3 is 2.65 bits per heavy atom. The lowest BCUT2D eigenvalue weighted by molar-refractivity contribution is -0.140. The highest BCUT2D eigenvalue weighted by molar-refractivity contribution is 5.87. The molecule has 0 N–H and O–H groups in total.